The van der Waals surface area contributed by atoms with Crippen molar-refractivity contribution in [3.63, 3.8) is 0 Å². The van der Waals surface area contributed by atoms with Gasteiger partial charge in [-0.2, -0.15) is 4.98 Å². The summed E-state index contributed by atoms with van der Waals surface area (Å²) < 4.78 is 31.7. The number of benzene rings is 1. The smallest absolute Gasteiger partial charge is 0.259 e. The Morgan fingerprint density at radius 3 is 2.81 bits per heavy atom. The van der Waals surface area contributed by atoms with E-state index in [0.29, 0.717) is 22.4 Å². The molecule has 0 radical (unpaired) electrons. The summed E-state index contributed by atoms with van der Waals surface area (Å²) in [5.41, 5.74) is 0.643. The number of carbonyl (C=O) groups is 1. The molecule has 27 heavy (non-hydrogen) atoms. The normalized spacial score (nSPS) is 13.6. The lowest BCUT2D eigenvalue weighted by molar-refractivity contribution is -0.113. The Bertz CT molecular complexity index is 974. The van der Waals surface area contributed by atoms with Crippen LogP contribution in [0.3, 0.4) is 0 Å². The van der Waals surface area contributed by atoms with Gasteiger partial charge in [0.2, 0.25) is 5.91 Å². The van der Waals surface area contributed by atoms with Crippen LogP contribution in [0.25, 0.3) is 11.5 Å². The fourth-order valence-corrected chi connectivity index (χ4v) is 3.01. The number of nitrogens with zero attached hydrogens (tertiary/aromatic N) is 3. The number of anilines is 1. The largest absolute Gasteiger partial charge is 0.334 e. The molecule has 9 heteroatoms. The van der Waals surface area contributed by atoms with E-state index in [1.807, 2.05) is 0 Å². The van der Waals surface area contributed by atoms with Gasteiger partial charge in [-0.1, -0.05) is 16.9 Å². The monoisotopic (exact) mass is 388 g/mol. The number of aromatic nitrogens is 3. The van der Waals surface area contributed by atoms with Gasteiger partial charge < -0.3 is 9.84 Å². The highest BCUT2D eigenvalue weighted by Gasteiger charge is 2.29. The molecule has 138 valence electrons. The van der Waals surface area contributed by atoms with E-state index in [1.165, 1.54) is 17.8 Å². The maximum atomic E-state index is 13.5. The number of carbonyl (C=O) groups excluding carboxylic acids is 1. The van der Waals surface area contributed by atoms with Crippen molar-refractivity contribution in [2.75, 3.05) is 11.1 Å². The Hall–Kier alpha value is -2.81. The lowest BCUT2D eigenvalue weighted by Gasteiger charge is -2.06. The molecular weight excluding hydrogens is 374 g/mol. The maximum Gasteiger partial charge on any atom is 0.259 e. The van der Waals surface area contributed by atoms with Crippen LogP contribution in [0, 0.1) is 11.6 Å². The zero-order chi connectivity index (χ0) is 18.8. The molecule has 0 unspecified atom stereocenters. The Balaban J connectivity index is 1.33. The molecule has 2 aromatic heterocycles. The first-order valence-electron chi connectivity index (χ1n) is 8.26. The van der Waals surface area contributed by atoms with E-state index in [2.05, 4.69) is 20.4 Å². The molecule has 3 aromatic rings. The Labute approximate surface area is 157 Å². The molecule has 6 nitrogen and oxygen atoms in total. The van der Waals surface area contributed by atoms with Crippen molar-refractivity contribution in [1.82, 2.24) is 15.1 Å². The van der Waals surface area contributed by atoms with Crippen LogP contribution < -0.4 is 5.32 Å². The Morgan fingerprint density at radius 2 is 2.11 bits per heavy atom. The van der Waals surface area contributed by atoms with Crippen molar-refractivity contribution in [2.45, 2.75) is 23.8 Å². The summed E-state index contributed by atoms with van der Waals surface area (Å²) in [7, 11) is 0. The van der Waals surface area contributed by atoms with Crippen LogP contribution in [-0.4, -0.2) is 26.8 Å². The number of nitrogens with one attached hydrogen (secondary N) is 1. The quantitative estimate of drug-likeness (QED) is 0.643. The van der Waals surface area contributed by atoms with Gasteiger partial charge in [0.05, 0.1) is 22.0 Å². The SMILES string of the molecule is O=C(CSc1ccc(-c2nc(C3CC3)no2)cn1)Nc1ccc(F)cc1F. The van der Waals surface area contributed by atoms with Crippen LogP contribution in [-0.2, 0) is 4.79 Å². The standard InChI is InChI=1S/C18H14F2N4O2S/c19-12-4-5-14(13(20)7-12)22-15(25)9-27-16-6-3-11(8-21-16)18-23-17(24-26-18)10-1-2-10/h3-8,10H,1-2,9H2,(H,22,25). The molecule has 1 saturated carbocycles. The number of halogens is 2. The van der Waals surface area contributed by atoms with Gasteiger partial charge in [0.15, 0.2) is 5.82 Å². The zero-order valence-electron chi connectivity index (χ0n) is 14.0. The van der Waals surface area contributed by atoms with Gasteiger partial charge in [-0.3, -0.25) is 4.79 Å². The van der Waals surface area contributed by atoms with Gasteiger partial charge in [-0.05, 0) is 37.1 Å². The molecule has 1 fully saturated rings. The van der Waals surface area contributed by atoms with Crippen LogP contribution in [0.15, 0.2) is 46.1 Å². The number of rotatable bonds is 6. The van der Waals surface area contributed by atoms with E-state index >= 15 is 0 Å². The van der Waals surface area contributed by atoms with E-state index in [0.717, 1.165) is 30.8 Å². The highest BCUT2D eigenvalue weighted by molar-refractivity contribution is 7.99. The second-order valence-corrected chi connectivity index (χ2v) is 7.07. The van der Waals surface area contributed by atoms with Crippen LogP contribution in [0.5, 0.6) is 0 Å². The lowest BCUT2D eigenvalue weighted by atomic mass is 10.3. The first-order valence-corrected chi connectivity index (χ1v) is 9.25. The summed E-state index contributed by atoms with van der Waals surface area (Å²) in [6.07, 6.45) is 3.79. The third-order valence-electron chi connectivity index (χ3n) is 3.92. The average Bonchev–Trinajstić information content (AvgIpc) is 3.40. The van der Waals surface area contributed by atoms with Crippen molar-refractivity contribution in [3.8, 4) is 11.5 Å². The molecule has 0 aliphatic heterocycles. The van der Waals surface area contributed by atoms with Crippen LogP contribution in [0.4, 0.5) is 14.5 Å². The van der Waals surface area contributed by atoms with E-state index in [-0.39, 0.29) is 11.4 Å². The minimum absolute atomic E-state index is 0.0373. The molecule has 0 bridgehead atoms. The summed E-state index contributed by atoms with van der Waals surface area (Å²) >= 11 is 1.19. The molecule has 4 rings (SSSR count). The average molecular weight is 388 g/mol. The molecule has 1 aliphatic carbocycles. The van der Waals surface area contributed by atoms with Crippen molar-refractivity contribution >= 4 is 23.4 Å². The maximum absolute atomic E-state index is 13.5. The highest BCUT2D eigenvalue weighted by Crippen LogP contribution is 2.38. The van der Waals surface area contributed by atoms with Gasteiger partial charge in [0.1, 0.15) is 11.6 Å². The third kappa shape index (κ3) is 4.30. The zero-order valence-corrected chi connectivity index (χ0v) is 14.8. The summed E-state index contributed by atoms with van der Waals surface area (Å²) in [5.74, 6) is -0.332. The molecule has 2 heterocycles. The van der Waals surface area contributed by atoms with Crippen LogP contribution >= 0.6 is 11.8 Å². The number of hydrogen-bond donors (Lipinski definition) is 1. The number of hydrogen-bond acceptors (Lipinski definition) is 6. The molecule has 1 amide bonds. The number of amides is 1. The number of thioether (sulfide) groups is 1. The van der Waals surface area contributed by atoms with Crippen LogP contribution in [0.1, 0.15) is 24.6 Å². The molecule has 1 N–H and O–H groups in total. The predicted octanol–water partition coefficient (Wildman–Crippen LogP) is 4.02. The van der Waals surface area contributed by atoms with E-state index in [4.69, 9.17) is 4.52 Å². The van der Waals surface area contributed by atoms with Gasteiger partial charge in [-0.15, -0.1) is 0 Å². The molecule has 0 saturated heterocycles. The van der Waals surface area contributed by atoms with Crippen molar-refractivity contribution in [1.29, 1.82) is 0 Å². The lowest BCUT2D eigenvalue weighted by Crippen LogP contribution is -2.15. The van der Waals surface area contributed by atoms with Gasteiger partial charge in [0, 0.05) is 18.2 Å². The highest BCUT2D eigenvalue weighted by atomic mass is 32.2. The third-order valence-corrected chi connectivity index (χ3v) is 4.87. The summed E-state index contributed by atoms with van der Waals surface area (Å²) in [4.78, 5) is 20.6. The van der Waals surface area contributed by atoms with E-state index in [9.17, 15) is 13.6 Å². The first kappa shape index (κ1) is 17.6. The molecule has 1 aromatic carbocycles. The molecule has 0 spiro atoms. The number of pyridine rings is 1. The molecular formula is C18H14F2N4O2S. The topological polar surface area (TPSA) is 80.9 Å². The van der Waals surface area contributed by atoms with Crippen LogP contribution in [0.2, 0.25) is 0 Å². The summed E-state index contributed by atoms with van der Waals surface area (Å²) in [6.45, 7) is 0. The second-order valence-electron chi connectivity index (χ2n) is 6.08. The van der Waals surface area contributed by atoms with E-state index in [1.54, 1.807) is 18.3 Å². The van der Waals surface area contributed by atoms with Crippen molar-refractivity contribution in [3.05, 3.63) is 54.0 Å². The fourth-order valence-electron chi connectivity index (χ4n) is 2.37. The Morgan fingerprint density at radius 1 is 1.26 bits per heavy atom. The van der Waals surface area contributed by atoms with Gasteiger partial charge >= 0.3 is 0 Å². The Kier molecular flexibility index (Phi) is 4.85. The molecule has 1 aliphatic rings. The van der Waals surface area contributed by atoms with Crippen molar-refractivity contribution < 1.29 is 18.1 Å². The molecule has 0 atom stereocenters. The van der Waals surface area contributed by atoms with Gasteiger partial charge in [0.25, 0.3) is 5.89 Å². The second kappa shape index (κ2) is 7.43. The predicted molar refractivity (Wildman–Crippen MR) is 95.2 cm³/mol. The first-order chi connectivity index (χ1) is 13.1. The minimum atomic E-state index is -0.819. The fraction of sp³-hybridized carbons (Fsp3) is 0.222. The van der Waals surface area contributed by atoms with Gasteiger partial charge in [-0.25, -0.2) is 13.8 Å². The van der Waals surface area contributed by atoms with Crippen molar-refractivity contribution in [2.24, 2.45) is 0 Å². The minimum Gasteiger partial charge on any atom is -0.334 e. The summed E-state index contributed by atoms with van der Waals surface area (Å²) in [5, 5.41) is 6.99. The summed E-state index contributed by atoms with van der Waals surface area (Å²) in [6, 6.07) is 6.51. The van der Waals surface area contributed by atoms with E-state index < -0.39 is 17.5 Å².